The van der Waals surface area contributed by atoms with Gasteiger partial charge in [-0.25, -0.2) is 0 Å². The zero-order valence-electron chi connectivity index (χ0n) is 7.45. The van der Waals surface area contributed by atoms with Gasteiger partial charge < -0.3 is 10.5 Å². The highest BCUT2D eigenvalue weighted by Crippen LogP contribution is 2.09. The Hall–Kier alpha value is -1.09. The van der Waals surface area contributed by atoms with E-state index in [1.807, 2.05) is 26.0 Å². The van der Waals surface area contributed by atoms with Gasteiger partial charge in [-0.05, 0) is 26.0 Å². The Labute approximate surface area is 72.6 Å². The van der Waals surface area contributed by atoms with Crippen LogP contribution < -0.4 is 10.5 Å². The lowest BCUT2D eigenvalue weighted by Crippen LogP contribution is -2.22. The first-order chi connectivity index (χ1) is 5.72. The minimum absolute atomic E-state index is 0.0505. The normalized spacial score (nSPS) is 12.6. The Balaban J connectivity index is 2.58. The van der Waals surface area contributed by atoms with E-state index in [9.17, 15) is 0 Å². The fourth-order valence-electron chi connectivity index (χ4n) is 0.804. The van der Waals surface area contributed by atoms with Crippen molar-refractivity contribution in [3.05, 3.63) is 24.0 Å². The molecule has 0 aliphatic carbocycles. The van der Waals surface area contributed by atoms with Gasteiger partial charge >= 0.3 is 0 Å². The van der Waals surface area contributed by atoms with E-state index in [1.54, 1.807) is 6.20 Å². The summed E-state index contributed by atoms with van der Waals surface area (Å²) < 4.78 is 5.43. The number of nitrogens with zero attached hydrogens (tertiary/aromatic N) is 1. The Morgan fingerprint density at radius 1 is 1.58 bits per heavy atom. The van der Waals surface area contributed by atoms with Crippen LogP contribution in [0.2, 0.25) is 0 Å². The molecule has 0 saturated heterocycles. The molecule has 3 nitrogen and oxygen atoms in total. The van der Waals surface area contributed by atoms with E-state index in [2.05, 4.69) is 4.98 Å². The monoisotopic (exact) mass is 166 g/mol. The van der Waals surface area contributed by atoms with Crippen molar-refractivity contribution in [1.82, 2.24) is 4.98 Å². The molecule has 0 aliphatic rings. The minimum Gasteiger partial charge on any atom is -0.488 e. The molecule has 3 heteroatoms. The Morgan fingerprint density at radius 2 is 2.33 bits per heavy atom. The van der Waals surface area contributed by atoms with Crippen LogP contribution in [0.1, 0.15) is 12.6 Å². The molecule has 1 unspecified atom stereocenters. The lowest BCUT2D eigenvalue weighted by molar-refractivity contribution is 0.229. The van der Waals surface area contributed by atoms with E-state index >= 15 is 0 Å². The van der Waals surface area contributed by atoms with E-state index < -0.39 is 0 Å². The molecule has 1 atom stereocenters. The molecule has 12 heavy (non-hydrogen) atoms. The van der Waals surface area contributed by atoms with Gasteiger partial charge in [0.1, 0.15) is 11.9 Å². The molecular formula is C9H14N2O. The summed E-state index contributed by atoms with van der Waals surface area (Å²) in [5, 5.41) is 0. The number of rotatable bonds is 3. The van der Waals surface area contributed by atoms with Crippen molar-refractivity contribution in [2.24, 2.45) is 5.73 Å². The van der Waals surface area contributed by atoms with Gasteiger partial charge in [0.2, 0.25) is 0 Å². The van der Waals surface area contributed by atoms with Crippen molar-refractivity contribution in [3.63, 3.8) is 0 Å². The second-order valence-corrected chi connectivity index (χ2v) is 2.80. The maximum Gasteiger partial charge on any atom is 0.138 e. The lowest BCUT2D eigenvalue weighted by Gasteiger charge is -2.11. The van der Waals surface area contributed by atoms with E-state index in [-0.39, 0.29) is 6.10 Å². The maximum atomic E-state index is 5.43. The molecule has 1 aromatic heterocycles. The number of nitrogens with two attached hydrogens (primary N) is 1. The molecule has 1 aromatic rings. The molecule has 0 saturated carbocycles. The topological polar surface area (TPSA) is 48.1 Å². The molecule has 1 rings (SSSR count). The largest absolute Gasteiger partial charge is 0.488 e. The highest BCUT2D eigenvalue weighted by molar-refractivity contribution is 5.19. The van der Waals surface area contributed by atoms with E-state index in [0.29, 0.717) is 6.54 Å². The van der Waals surface area contributed by atoms with Crippen molar-refractivity contribution in [2.75, 3.05) is 6.54 Å². The quantitative estimate of drug-likeness (QED) is 0.731. The summed E-state index contributed by atoms with van der Waals surface area (Å²) in [7, 11) is 0. The molecule has 0 bridgehead atoms. The zero-order chi connectivity index (χ0) is 8.97. The molecule has 0 aromatic carbocycles. The predicted octanol–water partition coefficient (Wildman–Crippen LogP) is 1.12. The summed E-state index contributed by atoms with van der Waals surface area (Å²) >= 11 is 0. The average molecular weight is 166 g/mol. The van der Waals surface area contributed by atoms with Gasteiger partial charge in [0.15, 0.2) is 0 Å². The summed E-state index contributed by atoms with van der Waals surface area (Å²) in [4.78, 5) is 4.10. The number of aryl methyl sites for hydroxylation is 1. The smallest absolute Gasteiger partial charge is 0.138 e. The van der Waals surface area contributed by atoms with Crippen molar-refractivity contribution in [1.29, 1.82) is 0 Å². The highest BCUT2D eigenvalue weighted by Gasteiger charge is 1.99. The zero-order valence-corrected chi connectivity index (χ0v) is 7.45. The van der Waals surface area contributed by atoms with Crippen LogP contribution in [0.25, 0.3) is 0 Å². The maximum absolute atomic E-state index is 5.43. The summed E-state index contributed by atoms with van der Waals surface area (Å²) in [6.45, 7) is 4.39. The molecule has 0 aliphatic heterocycles. The second-order valence-electron chi connectivity index (χ2n) is 2.80. The summed E-state index contributed by atoms with van der Waals surface area (Å²) in [5.74, 6) is 0.776. The van der Waals surface area contributed by atoms with E-state index in [0.717, 1.165) is 11.4 Å². The van der Waals surface area contributed by atoms with Crippen LogP contribution in [0.4, 0.5) is 0 Å². The molecule has 0 amide bonds. The van der Waals surface area contributed by atoms with Gasteiger partial charge in [-0.15, -0.1) is 0 Å². The van der Waals surface area contributed by atoms with Crippen molar-refractivity contribution in [3.8, 4) is 5.75 Å². The molecule has 0 fully saturated rings. The third kappa shape index (κ3) is 2.51. The van der Waals surface area contributed by atoms with Crippen LogP contribution in [0, 0.1) is 6.92 Å². The van der Waals surface area contributed by atoms with Gasteiger partial charge in [0.25, 0.3) is 0 Å². The number of hydrogen-bond donors (Lipinski definition) is 1. The van der Waals surface area contributed by atoms with Gasteiger partial charge in [-0.1, -0.05) is 0 Å². The highest BCUT2D eigenvalue weighted by atomic mass is 16.5. The lowest BCUT2D eigenvalue weighted by atomic mass is 10.3. The van der Waals surface area contributed by atoms with Gasteiger partial charge in [-0.3, -0.25) is 4.98 Å². The summed E-state index contributed by atoms with van der Waals surface area (Å²) in [6, 6.07) is 3.81. The first kappa shape index (κ1) is 9.00. The van der Waals surface area contributed by atoms with Gasteiger partial charge in [0.05, 0.1) is 6.20 Å². The molecule has 1 heterocycles. The molecule has 66 valence electrons. The van der Waals surface area contributed by atoms with Gasteiger partial charge in [-0.2, -0.15) is 0 Å². The van der Waals surface area contributed by atoms with Crippen LogP contribution in [-0.4, -0.2) is 17.6 Å². The first-order valence-electron chi connectivity index (χ1n) is 4.01. The van der Waals surface area contributed by atoms with Crippen molar-refractivity contribution >= 4 is 0 Å². The molecule has 2 N–H and O–H groups in total. The summed E-state index contributed by atoms with van der Waals surface area (Å²) in [5.41, 5.74) is 6.39. The fourth-order valence-corrected chi connectivity index (χ4v) is 0.804. The van der Waals surface area contributed by atoms with Crippen LogP contribution in [0.5, 0.6) is 5.75 Å². The third-order valence-electron chi connectivity index (χ3n) is 1.55. The molecule has 0 radical (unpaired) electrons. The number of ether oxygens (including phenoxy) is 1. The number of pyridine rings is 1. The van der Waals surface area contributed by atoms with Crippen LogP contribution >= 0.6 is 0 Å². The standard InChI is InChI=1S/C9H14N2O/c1-7-3-4-9(6-11-7)12-8(2)5-10/h3-4,6,8H,5,10H2,1-2H3. The molecular weight excluding hydrogens is 152 g/mol. The van der Waals surface area contributed by atoms with Crippen LogP contribution in [-0.2, 0) is 0 Å². The number of aromatic nitrogens is 1. The predicted molar refractivity (Wildman–Crippen MR) is 48.1 cm³/mol. The van der Waals surface area contributed by atoms with E-state index in [1.165, 1.54) is 0 Å². The second kappa shape index (κ2) is 4.07. The van der Waals surface area contributed by atoms with Crippen LogP contribution in [0.15, 0.2) is 18.3 Å². The SMILES string of the molecule is Cc1ccc(OC(C)CN)cn1. The molecule has 0 spiro atoms. The summed E-state index contributed by atoms with van der Waals surface area (Å²) in [6.07, 6.45) is 1.76. The van der Waals surface area contributed by atoms with Crippen LogP contribution in [0.3, 0.4) is 0 Å². The first-order valence-corrected chi connectivity index (χ1v) is 4.01. The fraction of sp³-hybridized carbons (Fsp3) is 0.444. The van der Waals surface area contributed by atoms with E-state index in [4.69, 9.17) is 10.5 Å². The Bertz CT molecular complexity index is 233. The third-order valence-corrected chi connectivity index (χ3v) is 1.55. The van der Waals surface area contributed by atoms with Crippen molar-refractivity contribution < 1.29 is 4.74 Å². The minimum atomic E-state index is 0.0505. The van der Waals surface area contributed by atoms with Gasteiger partial charge in [0, 0.05) is 12.2 Å². The Morgan fingerprint density at radius 3 is 2.83 bits per heavy atom. The number of hydrogen-bond acceptors (Lipinski definition) is 3. The van der Waals surface area contributed by atoms with Crippen molar-refractivity contribution in [2.45, 2.75) is 20.0 Å². The Kier molecular flexibility index (Phi) is 3.05. The average Bonchev–Trinajstić information content (AvgIpc) is 2.09.